The van der Waals surface area contributed by atoms with Crippen LogP contribution in [-0.4, -0.2) is 12.1 Å². The maximum Gasteiger partial charge on any atom is 0.219 e. The van der Waals surface area contributed by atoms with Gasteiger partial charge in [0.05, 0.1) is 12.7 Å². The van der Waals surface area contributed by atoms with Crippen LogP contribution in [0.4, 0.5) is 0 Å². The van der Waals surface area contributed by atoms with Gasteiger partial charge in [-0.1, -0.05) is 11.6 Å². The topological polar surface area (TPSA) is 57.4 Å². The van der Waals surface area contributed by atoms with Crippen LogP contribution in [0.25, 0.3) is 0 Å². The molecule has 0 fully saturated rings. The molecule has 1 aromatic carbocycles. The van der Waals surface area contributed by atoms with E-state index in [1.54, 1.807) is 25.4 Å². The van der Waals surface area contributed by atoms with Crippen molar-refractivity contribution >= 4 is 11.6 Å². The first kappa shape index (κ1) is 13.6. The number of methoxy groups -OCH3 is 1. The second kappa shape index (κ2) is 6.41. The summed E-state index contributed by atoms with van der Waals surface area (Å²) in [6, 6.07) is 9.14. The van der Waals surface area contributed by atoms with E-state index in [1.807, 2.05) is 18.2 Å². The highest BCUT2D eigenvalue weighted by atomic mass is 35.5. The molecule has 2 rings (SSSR count). The predicted octanol–water partition coefficient (Wildman–Crippen LogP) is 2.78. The summed E-state index contributed by atoms with van der Waals surface area (Å²) < 4.78 is 10.9. The summed E-state index contributed by atoms with van der Waals surface area (Å²) in [4.78, 5) is 4.12. The lowest BCUT2D eigenvalue weighted by Crippen LogP contribution is -2.04. The highest BCUT2D eigenvalue weighted by molar-refractivity contribution is 6.30. The first-order valence-corrected chi connectivity index (χ1v) is 6.21. The number of ether oxygens (including phenoxy) is 2. The number of pyridine rings is 1. The Morgan fingerprint density at radius 3 is 2.84 bits per heavy atom. The summed E-state index contributed by atoms with van der Waals surface area (Å²) >= 11 is 5.92. The van der Waals surface area contributed by atoms with Gasteiger partial charge in [-0.2, -0.15) is 0 Å². The maximum atomic E-state index is 5.92. The summed E-state index contributed by atoms with van der Waals surface area (Å²) in [5.41, 5.74) is 7.42. The molecule has 4 nitrogen and oxygen atoms in total. The van der Waals surface area contributed by atoms with Crippen LogP contribution in [0, 0.1) is 0 Å². The van der Waals surface area contributed by atoms with E-state index in [2.05, 4.69) is 4.98 Å². The van der Waals surface area contributed by atoms with Crippen LogP contribution in [0.3, 0.4) is 0 Å². The minimum atomic E-state index is 0.367. The Labute approximate surface area is 117 Å². The van der Waals surface area contributed by atoms with E-state index < -0.39 is 0 Å². The summed E-state index contributed by atoms with van der Waals surface area (Å²) in [6.45, 7) is 0.742. The second-order valence-electron chi connectivity index (χ2n) is 3.92. The van der Waals surface area contributed by atoms with Crippen LogP contribution in [0.1, 0.15) is 11.1 Å². The Morgan fingerprint density at radius 2 is 2.11 bits per heavy atom. The average Bonchev–Trinajstić information content (AvgIpc) is 2.46. The highest BCUT2D eigenvalue weighted by Crippen LogP contribution is 2.24. The first-order valence-electron chi connectivity index (χ1n) is 5.83. The zero-order valence-corrected chi connectivity index (χ0v) is 11.4. The van der Waals surface area contributed by atoms with Gasteiger partial charge in [0.1, 0.15) is 12.4 Å². The molecule has 0 aliphatic heterocycles. The van der Waals surface area contributed by atoms with E-state index in [1.165, 1.54) is 0 Å². The molecule has 19 heavy (non-hydrogen) atoms. The van der Waals surface area contributed by atoms with E-state index in [-0.39, 0.29) is 0 Å². The third-order valence-electron chi connectivity index (χ3n) is 2.67. The summed E-state index contributed by atoms with van der Waals surface area (Å²) in [7, 11) is 1.58. The predicted molar refractivity (Wildman–Crippen MR) is 74.5 cm³/mol. The molecule has 0 radical (unpaired) electrons. The van der Waals surface area contributed by atoms with Gasteiger partial charge in [-0.3, -0.25) is 0 Å². The van der Waals surface area contributed by atoms with Crippen LogP contribution in [0.15, 0.2) is 36.5 Å². The summed E-state index contributed by atoms with van der Waals surface area (Å²) in [6.07, 6.45) is 1.68. The Bertz CT molecular complexity index is 561. The molecule has 100 valence electrons. The molecule has 0 amide bonds. The van der Waals surface area contributed by atoms with E-state index in [4.69, 9.17) is 26.8 Å². The van der Waals surface area contributed by atoms with E-state index in [0.717, 1.165) is 16.9 Å². The fourth-order valence-electron chi connectivity index (χ4n) is 1.72. The molecule has 0 aliphatic rings. The van der Waals surface area contributed by atoms with Gasteiger partial charge in [-0.15, -0.1) is 0 Å². The number of rotatable bonds is 5. The number of halogens is 1. The van der Waals surface area contributed by atoms with Gasteiger partial charge in [0.25, 0.3) is 0 Å². The van der Waals surface area contributed by atoms with Crippen LogP contribution in [-0.2, 0) is 13.2 Å². The molecular weight excluding hydrogens is 264 g/mol. The Morgan fingerprint density at radius 1 is 1.26 bits per heavy atom. The van der Waals surface area contributed by atoms with Crippen molar-refractivity contribution in [2.75, 3.05) is 7.11 Å². The van der Waals surface area contributed by atoms with Crippen molar-refractivity contribution in [3.63, 3.8) is 0 Å². The average molecular weight is 279 g/mol. The van der Waals surface area contributed by atoms with Gasteiger partial charge < -0.3 is 15.2 Å². The Kier molecular flexibility index (Phi) is 4.60. The summed E-state index contributed by atoms with van der Waals surface area (Å²) in [5, 5.41) is 0.645. The van der Waals surface area contributed by atoms with Gasteiger partial charge in [-0.25, -0.2) is 4.98 Å². The first-order chi connectivity index (χ1) is 9.24. The van der Waals surface area contributed by atoms with E-state index in [0.29, 0.717) is 24.1 Å². The van der Waals surface area contributed by atoms with Crippen molar-refractivity contribution in [1.82, 2.24) is 4.98 Å². The van der Waals surface area contributed by atoms with Crippen molar-refractivity contribution in [2.45, 2.75) is 13.2 Å². The quantitative estimate of drug-likeness (QED) is 0.914. The minimum absolute atomic E-state index is 0.367. The van der Waals surface area contributed by atoms with Crippen molar-refractivity contribution in [3.05, 3.63) is 52.7 Å². The molecule has 0 saturated heterocycles. The zero-order chi connectivity index (χ0) is 13.7. The molecule has 0 aliphatic carbocycles. The van der Waals surface area contributed by atoms with Crippen LogP contribution >= 0.6 is 11.6 Å². The van der Waals surface area contributed by atoms with E-state index >= 15 is 0 Å². The van der Waals surface area contributed by atoms with Crippen LogP contribution < -0.4 is 15.2 Å². The number of nitrogens with zero attached hydrogens (tertiary/aromatic N) is 1. The van der Waals surface area contributed by atoms with Gasteiger partial charge in [0, 0.05) is 23.3 Å². The molecule has 0 atom stereocenters. The molecule has 0 unspecified atom stereocenters. The van der Waals surface area contributed by atoms with Crippen molar-refractivity contribution in [1.29, 1.82) is 0 Å². The van der Waals surface area contributed by atoms with Gasteiger partial charge in [-0.05, 0) is 30.3 Å². The standard InChI is InChI=1S/C14H15ClN2O2/c1-18-14-10(3-2-6-17-14)9-19-13-5-4-12(15)7-11(13)8-16/h2-7H,8-9,16H2,1H3. The van der Waals surface area contributed by atoms with Gasteiger partial charge >= 0.3 is 0 Å². The molecule has 0 bridgehead atoms. The van der Waals surface area contributed by atoms with Gasteiger partial charge in [0.15, 0.2) is 0 Å². The zero-order valence-electron chi connectivity index (χ0n) is 10.6. The third kappa shape index (κ3) is 3.36. The molecule has 2 N–H and O–H groups in total. The Balaban J connectivity index is 2.14. The minimum Gasteiger partial charge on any atom is -0.488 e. The molecule has 0 saturated carbocycles. The van der Waals surface area contributed by atoms with E-state index in [9.17, 15) is 0 Å². The molecule has 1 heterocycles. The van der Waals surface area contributed by atoms with Crippen LogP contribution in [0.2, 0.25) is 5.02 Å². The molecule has 1 aromatic heterocycles. The van der Waals surface area contributed by atoms with Crippen LogP contribution in [0.5, 0.6) is 11.6 Å². The normalized spacial score (nSPS) is 10.3. The molecule has 0 spiro atoms. The number of nitrogens with two attached hydrogens (primary N) is 1. The maximum absolute atomic E-state index is 5.92. The largest absolute Gasteiger partial charge is 0.488 e. The number of benzene rings is 1. The highest BCUT2D eigenvalue weighted by Gasteiger charge is 2.07. The van der Waals surface area contributed by atoms with Gasteiger partial charge in [0.2, 0.25) is 5.88 Å². The molecule has 5 heteroatoms. The fraction of sp³-hybridized carbons (Fsp3) is 0.214. The smallest absolute Gasteiger partial charge is 0.219 e. The molecular formula is C14H15ClN2O2. The van der Waals surface area contributed by atoms with Crippen molar-refractivity contribution < 1.29 is 9.47 Å². The van der Waals surface area contributed by atoms with Crippen molar-refractivity contribution in [3.8, 4) is 11.6 Å². The lowest BCUT2D eigenvalue weighted by Gasteiger charge is -2.12. The lowest BCUT2D eigenvalue weighted by atomic mass is 10.2. The van der Waals surface area contributed by atoms with Crippen molar-refractivity contribution in [2.24, 2.45) is 5.73 Å². The Hall–Kier alpha value is -1.78. The third-order valence-corrected chi connectivity index (χ3v) is 2.90. The number of hydrogen-bond donors (Lipinski definition) is 1. The summed E-state index contributed by atoms with van der Waals surface area (Å²) in [5.74, 6) is 1.28. The number of hydrogen-bond acceptors (Lipinski definition) is 4. The number of aromatic nitrogens is 1. The fourth-order valence-corrected chi connectivity index (χ4v) is 1.92. The SMILES string of the molecule is COc1ncccc1COc1ccc(Cl)cc1CN. The lowest BCUT2D eigenvalue weighted by molar-refractivity contribution is 0.291. The monoisotopic (exact) mass is 278 g/mol. The second-order valence-corrected chi connectivity index (χ2v) is 4.35. The molecule has 2 aromatic rings.